The van der Waals surface area contributed by atoms with Crippen LogP contribution in [0.5, 0.6) is 0 Å². The van der Waals surface area contributed by atoms with Crippen LogP contribution in [-0.4, -0.2) is 90.9 Å². The second kappa shape index (κ2) is 12.3. The van der Waals surface area contributed by atoms with E-state index in [4.69, 9.17) is 28.4 Å². The summed E-state index contributed by atoms with van der Waals surface area (Å²) in [6.45, 7) is 4.48. The van der Waals surface area contributed by atoms with Crippen LogP contribution in [-0.2, 0) is 61.9 Å². The fourth-order valence-electron chi connectivity index (χ4n) is 3.30. The fourth-order valence-corrected chi connectivity index (χ4v) is 3.30. The first-order chi connectivity index (χ1) is 15.7. The molecule has 0 bridgehead atoms. The summed E-state index contributed by atoms with van der Waals surface area (Å²) in [6, 6.07) is 0. The fraction of sp³-hybridized carbons (Fsp3) is 0.700. The summed E-state index contributed by atoms with van der Waals surface area (Å²) in [5.74, 6) is -8.40. The van der Waals surface area contributed by atoms with E-state index >= 15 is 0 Å². The van der Waals surface area contributed by atoms with Crippen molar-refractivity contribution in [2.24, 2.45) is 0 Å². The third-order valence-corrected chi connectivity index (χ3v) is 4.38. The van der Waals surface area contributed by atoms with Crippen molar-refractivity contribution in [1.82, 2.24) is 0 Å². The molecule has 0 saturated carbocycles. The summed E-state index contributed by atoms with van der Waals surface area (Å²) < 4.78 is 35.6. The number of methoxy groups -OCH3 is 1. The molecule has 14 nitrogen and oxygen atoms in total. The molecule has 1 N–H and O–H groups in total. The first-order valence-corrected chi connectivity index (χ1v) is 10.0. The second-order valence-electron chi connectivity index (χ2n) is 7.31. The maximum Gasteiger partial charge on any atom is 0.366 e. The Bertz CT molecular complexity index is 807. The number of carbonyl (C=O) groups is 6. The molecule has 1 rings (SSSR count). The normalized spacial score (nSPS) is 25.7. The molecule has 0 aromatic carbocycles. The second-order valence-corrected chi connectivity index (χ2v) is 7.31. The molecule has 0 unspecified atom stereocenters. The summed E-state index contributed by atoms with van der Waals surface area (Å²) in [4.78, 5) is 70.7. The van der Waals surface area contributed by atoms with Crippen molar-refractivity contribution in [3.05, 3.63) is 0 Å². The van der Waals surface area contributed by atoms with E-state index in [9.17, 15) is 33.9 Å². The summed E-state index contributed by atoms with van der Waals surface area (Å²) in [6.07, 6.45) is -8.82. The molecule has 6 atom stereocenters. The number of carbonyl (C=O) groups excluding carboxylic acids is 6. The van der Waals surface area contributed by atoms with E-state index < -0.39 is 85.2 Å². The molecule has 0 aromatic rings. The molecule has 1 heterocycles. The highest BCUT2D eigenvalue weighted by Crippen LogP contribution is 2.36. The lowest BCUT2D eigenvalue weighted by molar-refractivity contribution is -0.317. The number of hydrogen-bond acceptors (Lipinski definition) is 14. The highest BCUT2D eigenvalue weighted by molar-refractivity contribution is 5.78. The summed E-state index contributed by atoms with van der Waals surface area (Å²) in [5.41, 5.74) is 0. The van der Waals surface area contributed by atoms with Crippen molar-refractivity contribution in [1.29, 1.82) is 0 Å². The van der Waals surface area contributed by atoms with Gasteiger partial charge in [-0.05, 0) is 0 Å². The van der Waals surface area contributed by atoms with Gasteiger partial charge >= 0.3 is 35.8 Å². The number of aliphatic hydroxyl groups is 1. The molecule has 1 aliphatic rings. The zero-order valence-corrected chi connectivity index (χ0v) is 19.6. The highest BCUT2D eigenvalue weighted by atomic mass is 16.7. The number of ether oxygens (including phenoxy) is 7. The first-order valence-electron chi connectivity index (χ1n) is 10.0. The van der Waals surface area contributed by atoms with Gasteiger partial charge in [-0.25, -0.2) is 4.79 Å². The molecule has 192 valence electrons. The summed E-state index contributed by atoms with van der Waals surface area (Å²) in [5, 5.41) is 10.8. The Morgan fingerprint density at radius 2 is 1.44 bits per heavy atom. The van der Waals surface area contributed by atoms with Crippen LogP contribution in [0.2, 0.25) is 0 Å². The van der Waals surface area contributed by atoms with Crippen LogP contribution in [0, 0.1) is 0 Å². The first kappa shape index (κ1) is 28.8. The Hall–Kier alpha value is -3.26. The van der Waals surface area contributed by atoms with Gasteiger partial charge in [-0.1, -0.05) is 0 Å². The quantitative estimate of drug-likeness (QED) is 0.302. The van der Waals surface area contributed by atoms with Gasteiger partial charge in [-0.3, -0.25) is 24.0 Å². The van der Waals surface area contributed by atoms with Crippen LogP contribution in [0.4, 0.5) is 0 Å². The predicted octanol–water partition coefficient (Wildman–Crippen LogP) is -1.07. The molecule has 0 aromatic heterocycles. The maximum absolute atomic E-state index is 12.3. The zero-order chi connectivity index (χ0) is 26.2. The van der Waals surface area contributed by atoms with Gasteiger partial charge in [0.1, 0.15) is 18.8 Å². The van der Waals surface area contributed by atoms with Crippen LogP contribution in [0.25, 0.3) is 0 Å². The Balaban J connectivity index is 3.64. The van der Waals surface area contributed by atoms with Crippen molar-refractivity contribution < 1.29 is 67.0 Å². The molecule has 0 spiro atoms. The molecular weight excluding hydrogens is 464 g/mol. The number of rotatable bonds is 9. The Labute approximate surface area is 194 Å². The molecular formula is C20H28O14. The van der Waals surface area contributed by atoms with E-state index in [0.29, 0.717) is 0 Å². The van der Waals surface area contributed by atoms with Gasteiger partial charge in [0, 0.05) is 34.6 Å². The van der Waals surface area contributed by atoms with E-state index in [1.54, 1.807) is 0 Å². The van der Waals surface area contributed by atoms with Crippen molar-refractivity contribution >= 4 is 35.8 Å². The molecule has 0 amide bonds. The van der Waals surface area contributed by atoms with Crippen molar-refractivity contribution in [3.63, 3.8) is 0 Å². The van der Waals surface area contributed by atoms with Gasteiger partial charge < -0.3 is 38.3 Å². The zero-order valence-electron chi connectivity index (χ0n) is 19.6. The molecule has 1 fully saturated rings. The monoisotopic (exact) mass is 492 g/mol. The largest absolute Gasteiger partial charge is 0.465 e. The number of hydrogen-bond donors (Lipinski definition) is 1. The minimum Gasteiger partial charge on any atom is -0.465 e. The standard InChI is InChI=1S/C20H28O14/c1-9(21)29-8-15(31-11(3)23)17(33-13(5)25)18-16(32-12(4)24)14(30-10(2)22)7-20(27,34-18)19(26)28-6/h14-18,27H,7-8H2,1-6H3/t14-,15+,16-,17+,18+,20-/m0/s1. The third-order valence-electron chi connectivity index (χ3n) is 4.38. The predicted molar refractivity (Wildman–Crippen MR) is 105 cm³/mol. The van der Waals surface area contributed by atoms with E-state index in [0.717, 1.165) is 41.7 Å². The minimum absolute atomic E-state index is 0.644. The van der Waals surface area contributed by atoms with Gasteiger partial charge in [-0.15, -0.1) is 0 Å². The van der Waals surface area contributed by atoms with Gasteiger partial charge in [0.15, 0.2) is 18.3 Å². The molecule has 0 aliphatic carbocycles. The summed E-state index contributed by atoms with van der Waals surface area (Å²) in [7, 11) is 0.948. The van der Waals surface area contributed by atoms with E-state index in [-0.39, 0.29) is 0 Å². The maximum atomic E-state index is 12.3. The van der Waals surface area contributed by atoms with Gasteiger partial charge in [0.2, 0.25) is 0 Å². The molecule has 0 radical (unpaired) electrons. The third kappa shape index (κ3) is 8.26. The lowest BCUT2D eigenvalue weighted by Gasteiger charge is -2.46. The topological polar surface area (TPSA) is 187 Å². The van der Waals surface area contributed by atoms with Crippen molar-refractivity contribution in [2.75, 3.05) is 13.7 Å². The van der Waals surface area contributed by atoms with Crippen LogP contribution < -0.4 is 0 Å². The molecule has 1 saturated heterocycles. The SMILES string of the molecule is COC(=O)[C@]1(O)C[C@H](OC(C)=O)[C@H](OC(C)=O)[C@H]([C@H](OC(C)=O)[C@@H](COC(C)=O)OC(C)=O)O1. The summed E-state index contributed by atoms with van der Waals surface area (Å²) >= 11 is 0. The minimum atomic E-state index is -2.75. The van der Waals surface area contributed by atoms with Crippen LogP contribution in [0.3, 0.4) is 0 Å². The lowest BCUT2D eigenvalue weighted by Crippen LogP contribution is -2.65. The van der Waals surface area contributed by atoms with Gasteiger partial charge in [0.05, 0.1) is 13.5 Å². The molecule has 1 aliphatic heterocycles. The Kier molecular flexibility index (Phi) is 10.4. The smallest absolute Gasteiger partial charge is 0.366 e. The Morgan fingerprint density at radius 3 is 1.88 bits per heavy atom. The Morgan fingerprint density at radius 1 is 0.882 bits per heavy atom. The average molecular weight is 492 g/mol. The van der Waals surface area contributed by atoms with Gasteiger partial charge in [0.25, 0.3) is 5.79 Å². The number of esters is 6. The average Bonchev–Trinajstić information content (AvgIpc) is 2.69. The molecule has 14 heteroatoms. The lowest BCUT2D eigenvalue weighted by atomic mass is 9.90. The van der Waals surface area contributed by atoms with E-state index in [1.807, 2.05) is 0 Å². The van der Waals surface area contributed by atoms with E-state index in [1.165, 1.54) is 0 Å². The highest BCUT2D eigenvalue weighted by Gasteiger charge is 2.58. The van der Waals surface area contributed by atoms with Crippen LogP contribution in [0.1, 0.15) is 41.0 Å². The van der Waals surface area contributed by atoms with Crippen LogP contribution in [0.15, 0.2) is 0 Å². The molecule has 34 heavy (non-hydrogen) atoms. The van der Waals surface area contributed by atoms with Crippen molar-refractivity contribution in [3.8, 4) is 0 Å². The van der Waals surface area contributed by atoms with Crippen LogP contribution >= 0.6 is 0 Å². The van der Waals surface area contributed by atoms with Gasteiger partial charge in [-0.2, -0.15) is 0 Å². The van der Waals surface area contributed by atoms with E-state index in [2.05, 4.69) is 4.74 Å². The van der Waals surface area contributed by atoms with Crippen molar-refractivity contribution in [2.45, 2.75) is 77.3 Å².